The Bertz CT molecular complexity index is 718. The van der Waals surface area contributed by atoms with Gasteiger partial charge in [-0.15, -0.1) is 0 Å². The van der Waals surface area contributed by atoms with E-state index >= 15 is 0 Å². The van der Waals surface area contributed by atoms with E-state index in [2.05, 4.69) is 5.32 Å². The molecule has 1 saturated heterocycles. The maximum atomic E-state index is 13.1. The molecule has 0 radical (unpaired) electrons. The Balaban J connectivity index is 1.86. The lowest BCUT2D eigenvalue weighted by atomic mass is 10.1. The van der Waals surface area contributed by atoms with E-state index in [9.17, 15) is 22.8 Å². The lowest BCUT2D eigenvalue weighted by Crippen LogP contribution is -2.51. The number of halogens is 4. The van der Waals surface area contributed by atoms with Crippen LogP contribution >= 0.6 is 11.6 Å². The largest absolute Gasteiger partial charge is 0.418 e. The Kier molecular flexibility index (Phi) is 8.30. The summed E-state index contributed by atoms with van der Waals surface area (Å²) in [6.07, 6.45) is -4.61. The first-order valence-corrected chi connectivity index (χ1v) is 9.90. The molecule has 0 bridgehead atoms. The highest BCUT2D eigenvalue weighted by atomic mass is 35.5. The highest BCUT2D eigenvalue weighted by Gasteiger charge is 2.34. The van der Waals surface area contributed by atoms with Crippen molar-refractivity contribution in [2.75, 3.05) is 57.7 Å². The fourth-order valence-corrected chi connectivity index (χ4v) is 3.40. The van der Waals surface area contributed by atoms with Crippen molar-refractivity contribution >= 4 is 29.1 Å². The predicted molar refractivity (Wildman–Crippen MR) is 106 cm³/mol. The van der Waals surface area contributed by atoms with Crippen molar-refractivity contribution in [1.82, 2.24) is 14.7 Å². The van der Waals surface area contributed by atoms with Crippen LogP contribution in [0.1, 0.15) is 19.4 Å². The molecule has 0 saturated carbocycles. The number of hydrogen-bond acceptors (Lipinski definition) is 4. The molecule has 2 rings (SSSR count). The molecular weight excluding hydrogens is 409 g/mol. The van der Waals surface area contributed by atoms with E-state index < -0.39 is 17.6 Å². The normalized spacial score (nSPS) is 15.9. The molecule has 1 heterocycles. The van der Waals surface area contributed by atoms with Crippen LogP contribution in [0, 0.1) is 0 Å². The average Bonchev–Trinajstić information content (AvgIpc) is 2.65. The SMILES string of the molecule is CCN(CC)C(=O)CN1CCN(CC(=O)Nc2ccc(Cl)cc2C(F)(F)F)CC1. The van der Waals surface area contributed by atoms with Gasteiger partial charge in [0.25, 0.3) is 0 Å². The first kappa shape index (κ1) is 23.4. The summed E-state index contributed by atoms with van der Waals surface area (Å²) in [7, 11) is 0. The number of anilines is 1. The molecule has 29 heavy (non-hydrogen) atoms. The second-order valence-corrected chi connectivity index (χ2v) is 7.29. The molecule has 1 fully saturated rings. The maximum absolute atomic E-state index is 13.1. The van der Waals surface area contributed by atoms with Gasteiger partial charge in [-0.25, -0.2) is 0 Å². The van der Waals surface area contributed by atoms with Crippen LogP contribution in [0.15, 0.2) is 18.2 Å². The number of carbonyl (C=O) groups is 2. The molecule has 1 aliphatic heterocycles. The zero-order valence-electron chi connectivity index (χ0n) is 16.6. The van der Waals surface area contributed by atoms with E-state index in [-0.39, 0.29) is 23.2 Å². The molecule has 6 nitrogen and oxygen atoms in total. The van der Waals surface area contributed by atoms with Crippen molar-refractivity contribution in [1.29, 1.82) is 0 Å². The van der Waals surface area contributed by atoms with E-state index in [1.165, 1.54) is 6.07 Å². The molecule has 1 aromatic carbocycles. The zero-order chi connectivity index (χ0) is 21.6. The van der Waals surface area contributed by atoms with Crippen LogP contribution in [0.5, 0.6) is 0 Å². The second kappa shape index (κ2) is 10.3. The van der Waals surface area contributed by atoms with E-state index in [0.29, 0.717) is 45.8 Å². The monoisotopic (exact) mass is 434 g/mol. The number of piperazine rings is 1. The molecular formula is C19H26ClF3N4O2. The lowest BCUT2D eigenvalue weighted by Gasteiger charge is -2.34. The summed E-state index contributed by atoms with van der Waals surface area (Å²) in [6, 6.07) is 3.25. The van der Waals surface area contributed by atoms with E-state index in [4.69, 9.17) is 11.6 Å². The molecule has 0 spiro atoms. The Labute approximate surface area is 173 Å². The molecule has 1 N–H and O–H groups in total. The summed E-state index contributed by atoms with van der Waals surface area (Å²) in [6.45, 7) is 7.88. The van der Waals surface area contributed by atoms with Gasteiger partial charge < -0.3 is 10.2 Å². The quantitative estimate of drug-likeness (QED) is 0.717. The van der Waals surface area contributed by atoms with Crippen molar-refractivity contribution in [3.63, 3.8) is 0 Å². The summed E-state index contributed by atoms with van der Waals surface area (Å²) in [4.78, 5) is 30.1. The van der Waals surface area contributed by atoms with E-state index in [1.54, 1.807) is 4.90 Å². The van der Waals surface area contributed by atoms with Gasteiger partial charge in [-0.1, -0.05) is 11.6 Å². The van der Waals surface area contributed by atoms with Crippen LogP contribution in [0.25, 0.3) is 0 Å². The minimum Gasteiger partial charge on any atom is -0.342 e. The zero-order valence-corrected chi connectivity index (χ0v) is 17.3. The van der Waals surface area contributed by atoms with Gasteiger partial charge in [0, 0.05) is 44.3 Å². The van der Waals surface area contributed by atoms with Crippen molar-refractivity contribution in [3.05, 3.63) is 28.8 Å². The second-order valence-electron chi connectivity index (χ2n) is 6.85. The molecule has 2 amide bonds. The van der Waals surface area contributed by atoms with Crippen LogP contribution < -0.4 is 5.32 Å². The van der Waals surface area contributed by atoms with Crippen molar-refractivity contribution in [2.45, 2.75) is 20.0 Å². The van der Waals surface area contributed by atoms with Gasteiger partial charge in [0.1, 0.15) is 0 Å². The number of likely N-dealkylation sites (N-methyl/N-ethyl adjacent to an activating group) is 1. The minimum absolute atomic E-state index is 0.0161. The van der Waals surface area contributed by atoms with Gasteiger partial charge in [-0.3, -0.25) is 19.4 Å². The first-order chi connectivity index (χ1) is 13.6. The van der Waals surface area contributed by atoms with E-state index in [1.807, 2.05) is 23.6 Å². The van der Waals surface area contributed by atoms with Crippen LogP contribution in [0.2, 0.25) is 5.02 Å². The topological polar surface area (TPSA) is 55.9 Å². The molecule has 1 aliphatic rings. The molecule has 10 heteroatoms. The van der Waals surface area contributed by atoms with Crippen molar-refractivity contribution in [2.24, 2.45) is 0 Å². The standard InChI is InChI=1S/C19H26ClF3N4O2/c1-3-27(4-2)18(29)13-26-9-7-25(8-10-26)12-17(28)24-16-6-5-14(20)11-15(16)19(21,22)23/h5-6,11H,3-4,7-10,12-13H2,1-2H3,(H,24,28). The van der Waals surface area contributed by atoms with Crippen LogP contribution in [0.3, 0.4) is 0 Å². The Morgan fingerprint density at radius 3 is 2.14 bits per heavy atom. The number of carbonyl (C=O) groups excluding carboxylic acids is 2. The fourth-order valence-electron chi connectivity index (χ4n) is 3.23. The Morgan fingerprint density at radius 2 is 1.62 bits per heavy atom. The van der Waals surface area contributed by atoms with E-state index in [0.717, 1.165) is 12.1 Å². The van der Waals surface area contributed by atoms with Gasteiger partial charge in [0.05, 0.1) is 24.3 Å². The third-order valence-corrected chi connectivity index (χ3v) is 5.10. The van der Waals surface area contributed by atoms with Gasteiger partial charge in [0.2, 0.25) is 11.8 Å². The fraction of sp³-hybridized carbons (Fsp3) is 0.579. The molecule has 0 aromatic heterocycles. The summed E-state index contributed by atoms with van der Waals surface area (Å²) >= 11 is 5.65. The number of nitrogens with one attached hydrogen (secondary N) is 1. The lowest BCUT2D eigenvalue weighted by molar-refractivity contribution is -0.137. The van der Waals surface area contributed by atoms with Crippen LogP contribution in [-0.2, 0) is 15.8 Å². The Morgan fingerprint density at radius 1 is 1.07 bits per heavy atom. The smallest absolute Gasteiger partial charge is 0.342 e. The summed E-state index contributed by atoms with van der Waals surface area (Å²) in [5.74, 6) is -0.450. The minimum atomic E-state index is -4.61. The van der Waals surface area contributed by atoms with Gasteiger partial charge >= 0.3 is 6.18 Å². The van der Waals surface area contributed by atoms with Crippen LogP contribution in [-0.4, -0.2) is 78.9 Å². The third-order valence-electron chi connectivity index (χ3n) is 4.87. The first-order valence-electron chi connectivity index (χ1n) is 9.53. The van der Waals surface area contributed by atoms with Gasteiger partial charge in [-0.2, -0.15) is 13.2 Å². The molecule has 162 valence electrons. The number of hydrogen-bond donors (Lipinski definition) is 1. The highest BCUT2D eigenvalue weighted by molar-refractivity contribution is 6.30. The van der Waals surface area contributed by atoms with Gasteiger partial charge in [-0.05, 0) is 32.0 Å². The number of amides is 2. The number of nitrogens with zero attached hydrogens (tertiary/aromatic N) is 3. The summed E-state index contributed by atoms with van der Waals surface area (Å²) in [5.41, 5.74) is -1.28. The predicted octanol–water partition coefficient (Wildman–Crippen LogP) is 2.78. The van der Waals surface area contributed by atoms with Crippen molar-refractivity contribution in [3.8, 4) is 0 Å². The van der Waals surface area contributed by atoms with Crippen LogP contribution in [0.4, 0.5) is 18.9 Å². The summed E-state index contributed by atoms with van der Waals surface area (Å²) < 4.78 is 39.4. The third kappa shape index (κ3) is 6.87. The highest BCUT2D eigenvalue weighted by Crippen LogP contribution is 2.36. The molecule has 0 atom stereocenters. The number of alkyl halides is 3. The average molecular weight is 435 g/mol. The Hall–Kier alpha value is -1.84. The number of rotatable bonds is 7. The molecule has 0 unspecified atom stereocenters. The van der Waals surface area contributed by atoms with Gasteiger partial charge in [0.15, 0.2) is 0 Å². The van der Waals surface area contributed by atoms with Crippen molar-refractivity contribution < 1.29 is 22.8 Å². The summed E-state index contributed by atoms with van der Waals surface area (Å²) in [5, 5.41) is 2.28. The molecule has 1 aromatic rings. The molecule has 0 aliphatic carbocycles. The maximum Gasteiger partial charge on any atom is 0.418 e. The number of benzene rings is 1.